The van der Waals surface area contributed by atoms with E-state index in [0.717, 1.165) is 19.5 Å². The average molecular weight is 364 g/mol. The molecule has 0 spiro atoms. The van der Waals surface area contributed by atoms with E-state index in [2.05, 4.69) is 50.9 Å². The number of nitrogens with zero attached hydrogens (tertiary/aromatic N) is 5. The van der Waals surface area contributed by atoms with Crippen LogP contribution in [0.25, 0.3) is 0 Å². The van der Waals surface area contributed by atoms with Gasteiger partial charge >= 0.3 is 0 Å². The van der Waals surface area contributed by atoms with Crippen molar-refractivity contribution in [2.24, 2.45) is 7.05 Å². The number of aryl methyl sites for hydroxylation is 2. The molecule has 3 aromatic rings. The lowest BCUT2D eigenvalue weighted by atomic mass is 9.96. The molecule has 0 amide bonds. The van der Waals surface area contributed by atoms with E-state index in [1.165, 1.54) is 49.2 Å². The van der Waals surface area contributed by atoms with Crippen molar-refractivity contribution in [2.75, 3.05) is 6.54 Å². The number of rotatable bonds is 7. The Bertz CT molecular complexity index is 836. The number of hydrogen-bond acceptors (Lipinski definition) is 3. The van der Waals surface area contributed by atoms with Crippen LogP contribution in [0, 0.1) is 0 Å². The highest BCUT2D eigenvalue weighted by molar-refractivity contribution is 5.23. The number of piperidine rings is 1. The molecular weight excluding hydrogens is 334 g/mol. The third-order valence-corrected chi connectivity index (χ3v) is 5.65. The van der Waals surface area contributed by atoms with E-state index in [4.69, 9.17) is 0 Å². The van der Waals surface area contributed by atoms with E-state index in [-0.39, 0.29) is 0 Å². The summed E-state index contributed by atoms with van der Waals surface area (Å²) in [5.74, 6) is 1.20. The summed E-state index contributed by atoms with van der Waals surface area (Å²) < 4.78 is 4.13. The molecular formula is C22H29N5. The molecule has 3 heterocycles. The summed E-state index contributed by atoms with van der Waals surface area (Å²) >= 11 is 0. The Hall–Kier alpha value is -2.40. The van der Waals surface area contributed by atoms with E-state index in [1.807, 2.05) is 35.5 Å². The summed E-state index contributed by atoms with van der Waals surface area (Å²) in [6.45, 7) is 3.08. The highest BCUT2D eigenvalue weighted by Gasteiger charge is 2.22. The molecule has 0 radical (unpaired) electrons. The van der Waals surface area contributed by atoms with Crippen LogP contribution in [0.2, 0.25) is 0 Å². The molecule has 0 saturated carbocycles. The third kappa shape index (κ3) is 4.66. The second-order valence-corrected chi connectivity index (χ2v) is 7.64. The fourth-order valence-corrected chi connectivity index (χ4v) is 4.17. The van der Waals surface area contributed by atoms with Crippen molar-refractivity contribution in [1.82, 2.24) is 24.2 Å². The van der Waals surface area contributed by atoms with Crippen LogP contribution < -0.4 is 0 Å². The van der Waals surface area contributed by atoms with E-state index in [0.29, 0.717) is 6.04 Å². The van der Waals surface area contributed by atoms with Crippen LogP contribution in [0.4, 0.5) is 0 Å². The predicted octanol–water partition coefficient (Wildman–Crippen LogP) is 3.65. The van der Waals surface area contributed by atoms with Crippen molar-refractivity contribution in [1.29, 1.82) is 0 Å². The van der Waals surface area contributed by atoms with Gasteiger partial charge in [-0.25, -0.2) is 4.98 Å². The van der Waals surface area contributed by atoms with E-state index < -0.39 is 0 Å². The quantitative estimate of drug-likeness (QED) is 0.643. The van der Waals surface area contributed by atoms with Crippen molar-refractivity contribution in [3.05, 3.63) is 72.1 Å². The van der Waals surface area contributed by atoms with E-state index in [9.17, 15) is 0 Å². The summed E-state index contributed by atoms with van der Waals surface area (Å²) in [6.07, 6.45) is 14.0. The first-order chi connectivity index (χ1) is 13.3. The lowest BCUT2D eigenvalue weighted by Gasteiger charge is -2.36. The molecule has 2 aromatic heterocycles. The van der Waals surface area contributed by atoms with Gasteiger partial charge in [0.05, 0.1) is 6.54 Å². The first-order valence-corrected chi connectivity index (χ1v) is 10.0. The molecule has 0 N–H and O–H groups in total. The molecule has 0 unspecified atom stereocenters. The van der Waals surface area contributed by atoms with Gasteiger partial charge < -0.3 is 4.57 Å². The van der Waals surface area contributed by atoms with Gasteiger partial charge in [-0.05, 0) is 43.0 Å². The highest BCUT2D eigenvalue weighted by atomic mass is 15.3. The Morgan fingerprint density at radius 1 is 1.04 bits per heavy atom. The van der Waals surface area contributed by atoms with Gasteiger partial charge in [-0.3, -0.25) is 9.58 Å². The first-order valence-electron chi connectivity index (χ1n) is 10.0. The minimum Gasteiger partial charge on any atom is -0.338 e. The lowest BCUT2D eigenvalue weighted by molar-refractivity contribution is 0.132. The molecule has 1 atom stereocenters. The number of imidazole rings is 1. The predicted molar refractivity (Wildman–Crippen MR) is 107 cm³/mol. The van der Waals surface area contributed by atoms with Crippen molar-refractivity contribution in [3.8, 4) is 0 Å². The van der Waals surface area contributed by atoms with Gasteiger partial charge in [0.25, 0.3) is 0 Å². The van der Waals surface area contributed by atoms with Gasteiger partial charge in [-0.2, -0.15) is 5.10 Å². The molecule has 1 fully saturated rings. The van der Waals surface area contributed by atoms with Crippen molar-refractivity contribution < 1.29 is 0 Å². The van der Waals surface area contributed by atoms with Crippen LogP contribution in [0.1, 0.15) is 42.6 Å². The van der Waals surface area contributed by atoms with Crippen LogP contribution >= 0.6 is 0 Å². The largest absolute Gasteiger partial charge is 0.338 e. The Morgan fingerprint density at radius 2 is 1.93 bits per heavy atom. The van der Waals surface area contributed by atoms with Crippen molar-refractivity contribution in [2.45, 2.75) is 51.2 Å². The summed E-state index contributed by atoms with van der Waals surface area (Å²) in [4.78, 5) is 7.17. The molecule has 1 aliphatic rings. The lowest BCUT2D eigenvalue weighted by Crippen LogP contribution is -2.39. The summed E-state index contributed by atoms with van der Waals surface area (Å²) in [5.41, 5.74) is 2.72. The molecule has 1 aromatic carbocycles. The normalized spacial score (nSPS) is 18.0. The maximum Gasteiger partial charge on any atom is 0.108 e. The van der Waals surface area contributed by atoms with Gasteiger partial charge in [-0.1, -0.05) is 30.7 Å². The molecule has 4 rings (SSSR count). The number of benzene rings is 1. The Kier molecular flexibility index (Phi) is 5.68. The van der Waals surface area contributed by atoms with Crippen LogP contribution in [0.5, 0.6) is 0 Å². The van der Waals surface area contributed by atoms with Crippen molar-refractivity contribution in [3.63, 3.8) is 0 Å². The van der Waals surface area contributed by atoms with Crippen LogP contribution in [0.15, 0.2) is 55.1 Å². The summed E-state index contributed by atoms with van der Waals surface area (Å²) in [5, 5.41) is 4.32. The third-order valence-electron chi connectivity index (χ3n) is 5.65. The topological polar surface area (TPSA) is 38.9 Å². The molecule has 27 heavy (non-hydrogen) atoms. The second kappa shape index (κ2) is 8.53. The highest BCUT2D eigenvalue weighted by Crippen LogP contribution is 2.23. The van der Waals surface area contributed by atoms with Crippen LogP contribution in [-0.2, 0) is 26.6 Å². The maximum absolute atomic E-state index is 4.49. The Labute approximate surface area is 161 Å². The molecule has 0 aliphatic carbocycles. The molecule has 5 heteroatoms. The summed E-state index contributed by atoms with van der Waals surface area (Å²) in [7, 11) is 2.09. The standard InChI is InChI=1S/C22H29N5/c1-25-15-12-23-22(25)10-9-21-8-2-3-13-26(21)17-19-6-4-7-20(16-19)18-27-14-5-11-24-27/h4-7,11-12,14-16,21H,2-3,8-10,13,17-18H2,1H3/t21-/m0/s1. The van der Waals surface area contributed by atoms with Crippen LogP contribution in [-0.4, -0.2) is 36.8 Å². The molecule has 0 bridgehead atoms. The van der Waals surface area contributed by atoms with Gasteiger partial charge in [0.2, 0.25) is 0 Å². The van der Waals surface area contributed by atoms with E-state index >= 15 is 0 Å². The average Bonchev–Trinajstić information content (AvgIpc) is 3.33. The second-order valence-electron chi connectivity index (χ2n) is 7.64. The first kappa shape index (κ1) is 18.0. The summed E-state index contributed by atoms with van der Waals surface area (Å²) in [6, 6.07) is 11.6. The van der Waals surface area contributed by atoms with E-state index in [1.54, 1.807) is 0 Å². The SMILES string of the molecule is Cn1ccnc1CC[C@@H]1CCCCN1Cc1cccc(Cn2cccn2)c1. The molecule has 1 aliphatic heterocycles. The van der Waals surface area contributed by atoms with Crippen LogP contribution in [0.3, 0.4) is 0 Å². The zero-order valence-corrected chi connectivity index (χ0v) is 16.2. The monoisotopic (exact) mass is 363 g/mol. The minimum absolute atomic E-state index is 0.658. The molecule has 1 saturated heterocycles. The smallest absolute Gasteiger partial charge is 0.108 e. The number of hydrogen-bond donors (Lipinski definition) is 0. The Balaban J connectivity index is 1.39. The molecule has 5 nitrogen and oxygen atoms in total. The molecule has 142 valence electrons. The maximum atomic E-state index is 4.49. The number of likely N-dealkylation sites (tertiary alicyclic amines) is 1. The van der Waals surface area contributed by atoms with Gasteiger partial charge in [0, 0.05) is 50.8 Å². The Morgan fingerprint density at radius 3 is 2.70 bits per heavy atom. The zero-order valence-electron chi connectivity index (χ0n) is 16.2. The minimum atomic E-state index is 0.658. The fraction of sp³-hybridized carbons (Fsp3) is 0.455. The van der Waals surface area contributed by atoms with Gasteiger partial charge in [0.15, 0.2) is 0 Å². The van der Waals surface area contributed by atoms with Gasteiger partial charge in [-0.15, -0.1) is 0 Å². The number of aromatic nitrogens is 4. The fourth-order valence-electron chi connectivity index (χ4n) is 4.17. The van der Waals surface area contributed by atoms with Crippen molar-refractivity contribution >= 4 is 0 Å². The van der Waals surface area contributed by atoms with Gasteiger partial charge in [0.1, 0.15) is 5.82 Å². The zero-order chi connectivity index (χ0) is 18.5.